The van der Waals surface area contributed by atoms with Crippen LogP contribution in [0, 0.1) is 40.4 Å². The van der Waals surface area contributed by atoms with E-state index in [1.807, 2.05) is 19.0 Å². The Balaban J connectivity index is 1.15. The molecule has 4 aliphatic rings. The summed E-state index contributed by atoms with van der Waals surface area (Å²) in [5.41, 5.74) is 2.39. The first-order chi connectivity index (χ1) is 15.8. The van der Waals surface area contributed by atoms with Gasteiger partial charge in [-0.1, -0.05) is 31.1 Å². The Kier molecular flexibility index (Phi) is 6.34. The lowest BCUT2D eigenvalue weighted by Gasteiger charge is -2.60. The average molecular weight is 457 g/mol. The molecule has 0 amide bonds. The Morgan fingerprint density at radius 2 is 1.88 bits per heavy atom. The summed E-state index contributed by atoms with van der Waals surface area (Å²) in [4.78, 5) is 12.2. The second-order valence-electron chi connectivity index (χ2n) is 12.5. The minimum Gasteiger partial charge on any atom is -0.395 e. The third kappa shape index (κ3) is 4.26. The van der Waals surface area contributed by atoms with E-state index in [9.17, 15) is 0 Å². The SMILES string of the molecule is C[C@H]1CCC2C3CCC4CC(=NOCCc5nc(CN(C)C)no5)CC[C@]4(C)C3CC[C@@]21C. The molecule has 0 saturated heterocycles. The molecule has 0 aromatic carbocycles. The molecule has 1 aromatic heterocycles. The number of hydrogen-bond donors (Lipinski definition) is 0. The van der Waals surface area contributed by atoms with Gasteiger partial charge in [0.25, 0.3) is 0 Å². The van der Waals surface area contributed by atoms with Crippen LogP contribution in [0.5, 0.6) is 0 Å². The van der Waals surface area contributed by atoms with Gasteiger partial charge in [0.2, 0.25) is 5.89 Å². The third-order valence-corrected chi connectivity index (χ3v) is 10.5. The predicted molar refractivity (Wildman–Crippen MR) is 130 cm³/mol. The summed E-state index contributed by atoms with van der Waals surface area (Å²) in [6.07, 6.45) is 12.8. The van der Waals surface area contributed by atoms with E-state index in [1.165, 1.54) is 50.7 Å². The van der Waals surface area contributed by atoms with E-state index in [0.717, 1.165) is 48.3 Å². The van der Waals surface area contributed by atoms with E-state index in [1.54, 1.807) is 0 Å². The van der Waals surface area contributed by atoms with E-state index >= 15 is 0 Å². The molecular weight excluding hydrogens is 412 g/mol. The molecule has 4 aliphatic carbocycles. The first-order valence-corrected chi connectivity index (χ1v) is 13.4. The zero-order valence-corrected chi connectivity index (χ0v) is 21.5. The van der Waals surface area contributed by atoms with Gasteiger partial charge in [0.1, 0.15) is 6.61 Å². The maximum Gasteiger partial charge on any atom is 0.230 e. The fraction of sp³-hybridized carbons (Fsp3) is 0.889. The van der Waals surface area contributed by atoms with Crippen molar-refractivity contribution < 1.29 is 9.36 Å². The van der Waals surface area contributed by atoms with Crippen molar-refractivity contribution in [1.29, 1.82) is 0 Å². The van der Waals surface area contributed by atoms with Crippen molar-refractivity contribution in [2.75, 3.05) is 20.7 Å². The summed E-state index contributed by atoms with van der Waals surface area (Å²) >= 11 is 0. The smallest absolute Gasteiger partial charge is 0.230 e. The van der Waals surface area contributed by atoms with E-state index in [4.69, 9.17) is 9.36 Å². The molecule has 0 aliphatic heterocycles. The molecule has 0 bridgehead atoms. The van der Waals surface area contributed by atoms with Crippen molar-refractivity contribution >= 4 is 5.71 Å². The van der Waals surface area contributed by atoms with Gasteiger partial charge in [-0.3, -0.25) is 0 Å². The molecule has 1 heterocycles. The van der Waals surface area contributed by atoms with Gasteiger partial charge < -0.3 is 14.3 Å². The van der Waals surface area contributed by atoms with Gasteiger partial charge >= 0.3 is 0 Å². The molecule has 4 unspecified atom stereocenters. The molecule has 6 heteroatoms. The van der Waals surface area contributed by atoms with Gasteiger partial charge in [0.15, 0.2) is 5.82 Å². The quantitative estimate of drug-likeness (QED) is 0.404. The Morgan fingerprint density at radius 3 is 2.70 bits per heavy atom. The monoisotopic (exact) mass is 456 g/mol. The van der Waals surface area contributed by atoms with Crippen LogP contribution >= 0.6 is 0 Å². The standard InChI is InChI=1S/C27H44N4O2/c1-18-6-9-22-21-8-7-19-16-20(10-13-27(19,3)23(21)11-14-26(18,22)2)29-32-15-12-25-28-24(30-33-25)17-31(4)5/h18-19,21-23H,6-17H2,1-5H3/t18-,19?,21?,22?,23?,26+,27-/m0/s1. The van der Waals surface area contributed by atoms with E-state index < -0.39 is 0 Å². The summed E-state index contributed by atoms with van der Waals surface area (Å²) in [7, 11) is 3.99. The molecule has 33 heavy (non-hydrogen) atoms. The molecule has 6 nitrogen and oxygen atoms in total. The maximum absolute atomic E-state index is 5.72. The van der Waals surface area contributed by atoms with Gasteiger partial charge in [0, 0.05) is 0 Å². The summed E-state index contributed by atoms with van der Waals surface area (Å²) < 4.78 is 5.32. The van der Waals surface area contributed by atoms with Crippen LogP contribution in [-0.2, 0) is 17.8 Å². The lowest BCUT2D eigenvalue weighted by molar-refractivity contribution is -0.0994. The number of rotatable bonds is 6. The molecule has 4 saturated carbocycles. The van der Waals surface area contributed by atoms with E-state index in [2.05, 4.69) is 36.1 Å². The highest BCUT2D eigenvalue weighted by Gasteiger charge is 2.59. The summed E-state index contributed by atoms with van der Waals surface area (Å²) in [6.45, 7) is 8.97. The highest BCUT2D eigenvalue weighted by molar-refractivity contribution is 5.85. The highest BCUT2D eigenvalue weighted by atomic mass is 16.6. The first-order valence-electron chi connectivity index (χ1n) is 13.4. The topological polar surface area (TPSA) is 63.8 Å². The minimum absolute atomic E-state index is 0.498. The minimum atomic E-state index is 0.498. The molecule has 7 atom stereocenters. The molecule has 1 aromatic rings. The summed E-state index contributed by atoms with van der Waals surface area (Å²) in [5.74, 6) is 5.93. The number of hydrogen-bond acceptors (Lipinski definition) is 6. The second kappa shape index (κ2) is 8.98. The van der Waals surface area contributed by atoms with Crippen molar-refractivity contribution in [1.82, 2.24) is 15.0 Å². The first kappa shape index (κ1) is 23.3. The van der Waals surface area contributed by atoms with Crippen LogP contribution in [0.15, 0.2) is 9.68 Å². The molecule has 184 valence electrons. The zero-order chi connectivity index (χ0) is 23.2. The molecular formula is C27H44N4O2. The van der Waals surface area contributed by atoms with E-state index in [0.29, 0.717) is 36.3 Å². The Hall–Kier alpha value is -1.43. The molecule has 5 rings (SSSR count). The molecule has 0 N–H and O–H groups in total. The van der Waals surface area contributed by atoms with Crippen molar-refractivity contribution in [3.8, 4) is 0 Å². The van der Waals surface area contributed by atoms with Crippen molar-refractivity contribution in [2.45, 2.75) is 91.5 Å². The van der Waals surface area contributed by atoms with Gasteiger partial charge in [-0.2, -0.15) is 4.98 Å². The highest BCUT2D eigenvalue weighted by Crippen LogP contribution is 2.67. The number of aromatic nitrogens is 2. The van der Waals surface area contributed by atoms with Crippen molar-refractivity contribution in [3.63, 3.8) is 0 Å². The predicted octanol–water partition coefficient (Wildman–Crippen LogP) is 5.73. The number of nitrogens with zero attached hydrogens (tertiary/aromatic N) is 4. The van der Waals surface area contributed by atoms with Crippen LogP contribution in [0.25, 0.3) is 0 Å². The van der Waals surface area contributed by atoms with Gasteiger partial charge in [-0.05, 0) is 112 Å². The molecule has 0 spiro atoms. The lowest BCUT2D eigenvalue weighted by atomic mass is 9.45. The fourth-order valence-electron chi connectivity index (χ4n) is 8.41. The van der Waals surface area contributed by atoms with Gasteiger partial charge in [0.05, 0.1) is 18.7 Å². The second-order valence-corrected chi connectivity index (χ2v) is 12.5. The van der Waals surface area contributed by atoms with Crippen LogP contribution in [-0.4, -0.2) is 41.5 Å². The number of oxime groups is 1. The van der Waals surface area contributed by atoms with Crippen LogP contribution in [0.3, 0.4) is 0 Å². The van der Waals surface area contributed by atoms with Crippen LogP contribution in [0.1, 0.15) is 90.3 Å². The largest absolute Gasteiger partial charge is 0.395 e. The van der Waals surface area contributed by atoms with Gasteiger partial charge in [-0.25, -0.2) is 0 Å². The van der Waals surface area contributed by atoms with Gasteiger partial charge in [-0.15, -0.1) is 0 Å². The Morgan fingerprint density at radius 1 is 1.06 bits per heavy atom. The maximum atomic E-state index is 5.72. The van der Waals surface area contributed by atoms with Crippen molar-refractivity contribution in [3.05, 3.63) is 11.7 Å². The summed E-state index contributed by atoms with van der Waals surface area (Å²) in [6, 6.07) is 0. The lowest BCUT2D eigenvalue weighted by Crippen LogP contribution is -2.53. The van der Waals surface area contributed by atoms with Crippen LogP contribution in [0.2, 0.25) is 0 Å². The number of fused-ring (bicyclic) bond motifs is 5. The molecule has 4 fully saturated rings. The zero-order valence-electron chi connectivity index (χ0n) is 21.5. The normalized spacial score (nSPS) is 41.6. The average Bonchev–Trinajstić information content (AvgIpc) is 3.34. The Bertz CT molecular complexity index is 866. The Labute approximate surface area is 199 Å². The van der Waals surface area contributed by atoms with E-state index in [-0.39, 0.29) is 0 Å². The van der Waals surface area contributed by atoms with Crippen LogP contribution < -0.4 is 0 Å². The fourth-order valence-corrected chi connectivity index (χ4v) is 8.41. The summed E-state index contributed by atoms with van der Waals surface area (Å²) in [5, 5.41) is 8.59. The third-order valence-electron chi connectivity index (χ3n) is 10.5. The van der Waals surface area contributed by atoms with Crippen LogP contribution in [0.4, 0.5) is 0 Å². The van der Waals surface area contributed by atoms with Crippen molar-refractivity contribution in [2.24, 2.45) is 45.6 Å². The molecule has 0 radical (unpaired) electrons.